The number of nitro groups is 1. The van der Waals surface area contributed by atoms with Crippen LogP contribution in [0.3, 0.4) is 0 Å². The lowest BCUT2D eigenvalue weighted by atomic mass is 10.1. The van der Waals surface area contributed by atoms with Gasteiger partial charge in [-0.1, -0.05) is 30.3 Å². The maximum atomic E-state index is 10.5. The molecule has 0 N–H and O–H groups in total. The van der Waals surface area contributed by atoms with E-state index < -0.39 is 4.92 Å². The second-order valence-electron chi connectivity index (χ2n) is 3.92. The molecule has 2 aromatic carbocycles. The number of benzene rings is 2. The molecule has 18 heavy (non-hydrogen) atoms. The Morgan fingerprint density at radius 1 is 1.06 bits per heavy atom. The fraction of sp³-hybridized carbons (Fsp3) is 0.143. The van der Waals surface area contributed by atoms with E-state index in [1.165, 1.54) is 12.1 Å². The predicted octanol–water partition coefficient (Wildman–Crippen LogP) is 3.73. The molecule has 0 aliphatic heterocycles. The highest BCUT2D eigenvalue weighted by Gasteiger charge is 2.08. The first-order valence-corrected chi connectivity index (χ1v) is 5.63. The van der Waals surface area contributed by atoms with Crippen molar-refractivity contribution in [2.24, 2.45) is 0 Å². The summed E-state index contributed by atoms with van der Waals surface area (Å²) in [5.74, 6) is 0.622. The third kappa shape index (κ3) is 2.85. The molecule has 0 saturated heterocycles. The lowest BCUT2D eigenvalue weighted by Gasteiger charge is -2.14. The Morgan fingerprint density at radius 3 is 2.22 bits per heavy atom. The van der Waals surface area contributed by atoms with E-state index in [0.29, 0.717) is 5.75 Å². The molecule has 0 aliphatic rings. The number of hydrogen-bond donors (Lipinski definition) is 0. The molecule has 0 fully saturated rings. The van der Waals surface area contributed by atoms with Gasteiger partial charge in [0.1, 0.15) is 11.9 Å². The summed E-state index contributed by atoms with van der Waals surface area (Å²) >= 11 is 0. The molecule has 0 aliphatic carbocycles. The molecule has 0 aromatic heterocycles. The molecule has 0 spiro atoms. The molecule has 0 radical (unpaired) electrons. The van der Waals surface area contributed by atoms with E-state index in [0.717, 1.165) is 5.56 Å². The van der Waals surface area contributed by atoms with Gasteiger partial charge in [0, 0.05) is 12.1 Å². The first kappa shape index (κ1) is 12.1. The summed E-state index contributed by atoms with van der Waals surface area (Å²) in [7, 11) is 0. The molecule has 0 bridgehead atoms. The highest BCUT2D eigenvalue weighted by molar-refractivity contribution is 5.36. The van der Waals surface area contributed by atoms with Gasteiger partial charge in [0.2, 0.25) is 0 Å². The Kier molecular flexibility index (Phi) is 3.57. The lowest BCUT2D eigenvalue weighted by molar-refractivity contribution is -0.384. The zero-order valence-corrected chi connectivity index (χ0v) is 9.95. The summed E-state index contributed by atoms with van der Waals surface area (Å²) in [5, 5.41) is 10.5. The Balaban J connectivity index is 2.08. The van der Waals surface area contributed by atoms with E-state index in [-0.39, 0.29) is 11.8 Å². The monoisotopic (exact) mass is 243 g/mol. The van der Waals surface area contributed by atoms with E-state index in [1.54, 1.807) is 12.1 Å². The highest BCUT2D eigenvalue weighted by atomic mass is 16.6. The van der Waals surface area contributed by atoms with E-state index >= 15 is 0 Å². The molecule has 92 valence electrons. The molecule has 4 nitrogen and oxygen atoms in total. The van der Waals surface area contributed by atoms with Gasteiger partial charge in [-0.2, -0.15) is 0 Å². The van der Waals surface area contributed by atoms with Crippen LogP contribution in [0.5, 0.6) is 5.75 Å². The topological polar surface area (TPSA) is 52.4 Å². The zero-order valence-electron chi connectivity index (χ0n) is 9.95. The van der Waals surface area contributed by atoms with Crippen LogP contribution in [0.25, 0.3) is 0 Å². The summed E-state index contributed by atoms with van der Waals surface area (Å²) < 4.78 is 5.71. The molecular weight excluding hydrogens is 230 g/mol. The van der Waals surface area contributed by atoms with E-state index in [9.17, 15) is 10.1 Å². The standard InChI is InChI=1S/C14H13NO3/c1-11(12-5-3-2-4-6-12)18-14-9-7-13(8-10-14)15(16)17/h2-11H,1H3. The van der Waals surface area contributed by atoms with Crippen molar-refractivity contribution in [1.29, 1.82) is 0 Å². The third-order valence-electron chi connectivity index (χ3n) is 2.63. The Labute approximate surface area is 105 Å². The number of non-ortho nitro benzene ring substituents is 1. The van der Waals surface area contributed by atoms with Crippen LogP contribution >= 0.6 is 0 Å². The van der Waals surface area contributed by atoms with Crippen LogP contribution in [0.2, 0.25) is 0 Å². The zero-order chi connectivity index (χ0) is 13.0. The fourth-order valence-corrected chi connectivity index (χ4v) is 1.64. The minimum atomic E-state index is -0.426. The van der Waals surface area contributed by atoms with Crippen molar-refractivity contribution in [2.75, 3.05) is 0 Å². The van der Waals surface area contributed by atoms with Crippen LogP contribution in [-0.2, 0) is 0 Å². The fourth-order valence-electron chi connectivity index (χ4n) is 1.64. The average molecular weight is 243 g/mol. The van der Waals surface area contributed by atoms with E-state index in [4.69, 9.17) is 4.74 Å². The van der Waals surface area contributed by atoms with Crippen LogP contribution in [0.15, 0.2) is 54.6 Å². The summed E-state index contributed by atoms with van der Waals surface area (Å²) in [4.78, 5) is 10.1. The van der Waals surface area contributed by atoms with Gasteiger partial charge >= 0.3 is 0 Å². The van der Waals surface area contributed by atoms with Crippen molar-refractivity contribution in [1.82, 2.24) is 0 Å². The van der Waals surface area contributed by atoms with Gasteiger partial charge in [-0.15, -0.1) is 0 Å². The molecule has 2 rings (SSSR count). The molecule has 4 heteroatoms. The second kappa shape index (κ2) is 5.31. The average Bonchev–Trinajstić information content (AvgIpc) is 2.40. The van der Waals surface area contributed by atoms with Crippen molar-refractivity contribution >= 4 is 5.69 Å². The first-order chi connectivity index (χ1) is 8.66. The highest BCUT2D eigenvalue weighted by Crippen LogP contribution is 2.23. The van der Waals surface area contributed by atoms with Gasteiger partial charge in [-0.25, -0.2) is 0 Å². The molecule has 0 heterocycles. The normalized spacial score (nSPS) is 11.8. The quantitative estimate of drug-likeness (QED) is 0.607. The number of hydrogen-bond acceptors (Lipinski definition) is 3. The lowest BCUT2D eigenvalue weighted by Crippen LogP contribution is -2.02. The maximum absolute atomic E-state index is 10.5. The van der Waals surface area contributed by atoms with Crippen molar-refractivity contribution in [3.8, 4) is 5.75 Å². The summed E-state index contributed by atoms with van der Waals surface area (Å²) in [6.07, 6.45) is -0.0901. The first-order valence-electron chi connectivity index (χ1n) is 5.63. The van der Waals surface area contributed by atoms with E-state index in [1.807, 2.05) is 37.3 Å². The van der Waals surface area contributed by atoms with Gasteiger partial charge in [-0.3, -0.25) is 10.1 Å². The van der Waals surface area contributed by atoms with Gasteiger partial charge < -0.3 is 4.74 Å². The number of ether oxygens (including phenoxy) is 1. The Hall–Kier alpha value is -2.36. The van der Waals surface area contributed by atoms with Crippen LogP contribution < -0.4 is 4.74 Å². The predicted molar refractivity (Wildman–Crippen MR) is 68.6 cm³/mol. The van der Waals surface area contributed by atoms with Gasteiger partial charge in [0.05, 0.1) is 4.92 Å². The van der Waals surface area contributed by atoms with Crippen LogP contribution in [-0.4, -0.2) is 4.92 Å². The third-order valence-corrected chi connectivity index (χ3v) is 2.63. The Morgan fingerprint density at radius 2 is 1.67 bits per heavy atom. The smallest absolute Gasteiger partial charge is 0.269 e. The van der Waals surface area contributed by atoms with Crippen LogP contribution in [0.1, 0.15) is 18.6 Å². The molecule has 2 aromatic rings. The summed E-state index contributed by atoms with van der Waals surface area (Å²) in [6.45, 7) is 1.94. The molecule has 0 amide bonds. The molecular formula is C14H13NO3. The number of nitrogens with zero attached hydrogens (tertiary/aromatic N) is 1. The molecule has 1 atom stereocenters. The Bertz CT molecular complexity index is 522. The number of nitro benzene ring substituents is 1. The summed E-state index contributed by atoms with van der Waals surface area (Å²) in [6, 6.07) is 15.9. The second-order valence-corrected chi connectivity index (χ2v) is 3.92. The number of rotatable bonds is 4. The van der Waals surface area contributed by atoms with E-state index in [2.05, 4.69) is 0 Å². The molecule has 0 saturated carbocycles. The van der Waals surface area contributed by atoms with Gasteiger partial charge in [0.15, 0.2) is 0 Å². The maximum Gasteiger partial charge on any atom is 0.269 e. The summed E-state index contributed by atoms with van der Waals surface area (Å²) in [5.41, 5.74) is 1.13. The molecule has 1 unspecified atom stereocenters. The minimum absolute atomic E-state index is 0.0646. The minimum Gasteiger partial charge on any atom is -0.486 e. The van der Waals surface area contributed by atoms with Crippen molar-refractivity contribution in [3.63, 3.8) is 0 Å². The van der Waals surface area contributed by atoms with Crippen molar-refractivity contribution in [3.05, 3.63) is 70.3 Å². The van der Waals surface area contributed by atoms with Crippen molar-refractivity contribution in [2.45, 2.75) is 13.0 Å². The largest absolute Gasteiger partial charge is 0.486 e. The van der Waals surface area contributed by atoms with Crippen LogP contribution in [0.4, 0.5) is 5.69 Å². The van der Waals surface area contributed by atoms with Crippen LogP contribution in [0, 0.1) is 10.1 Å². The SMILES string of the molecule is CC(Oc1ccc([N+](=O)[O-])cc1)c1ccccc1. The van der Waals surface area contributed by atoms with Gasteiger partial charge in [-0.05, 0) is 24.6 Å². The van der Waals surface area contributed by atoms with Crippen molar-refractivity contribution < 1.29 is 9.66 Å². The van der Waals surface area contributed by atoms with Gasteiger partial charge in [0.25, 0.3) is 5.69 Å².